The zero-order valence-corrected chi connectivity index (χ0v) is 14.2. The largest absolute Gasteiger partial charge is 0.493 e. The Morgan fingerprint density at radius 3 is 2.69 bits per heavy atom. The van der Waals surface area contributed by atoms with Gasteiger partial charge in [0.1, 0.15) is 6.61 Å². The molecule has 0 saturated carbocycles. The number of aliphatic carboxylic acids is 1. The van der Waals surface area contributed by atoms with Crippen LogP contribution in [0.3, 0.4) is 0 Å². The van der Waals surface area contributed by atoms with Crippen LogP contribution in [0.1, 0.15) is 17.9 Å². The first-order chi connectivity index (χ1) is 12.7. The monoisotopic (exact) mass is 354 g/mol. The molecule has 0 amide bonds. The second kappa shape index (κ2) is 8.15. The summed E-state index contributed by atoms with van der Waals surface area (Å²) in [5.41, 5.74) is 1.75. The number of ether oxygens (including phenoxy) is 2. The van der Waals surface area contributed by atoms with Gasteiger partial charge in [-0.05, 0) is 23.8 Å². The molecule has 0 unspecified atom stereocenters. The van der Waals surface area contributed by atoms with E-state index in [9.17, 15) is 4.79 Å². The normalized spacial score (nSPS) is 10.5. The molecule has 3 aromatic rings. The van der Waals surface area contributed by atoms with Gasteiger partial charge < -0.3 is 19.1 Å². The third-order valence-corrected chi connectivity index (χ3v) is 3.68. The maximum Gasteiger partial charge on any atom is 0.303 e. The van der Waals surface area contributed by atoms with Crippen molar-refractivity contribution in [1.82, 2.24) is 10.1 Å². The zero-order valence-electron chi connectivity index (χ0n) is 14.2. The molecule has 2 aromatic carbocycles. The predicted octanol–water partition coefficient (Wildman–Crippen LogP) is 3.34. The molecule has 1 N–H and O–H groups in total. The molecule has 0 atom stereocenters. The lowest BCUT2D eigenvalue weighted by molar-refractivity contribution is -0.137. The van der Waals surface area contributed by atoms with E-state index in [0.717, 1.165) is 5.56 Å². The van der Waals surface area contributed by atoms with Crippen molar-refractivity contribution < 1.29 is 23.9 Å². The van der Waals surface area contributed by atoms with E-state index in [-0.39, 0.29) is 18.7 Å². The van der Waals surface area contributed by atoms with Crippen LogP contribution in [0.4, 0.5) is 0 Å². The molecule has 7 heteroatoms. The van der Waals surface area contributed by atoms with Gasteiger partial charge >= 0.3 is 5.97 Å². The summed E-state index contributed by atoms with van der Waals surface area (Å²) in [6.07, 6.45) is 0.134. The van der Waals surface area contributed by atoms with Gasteiger partial charge in [0.2, 0.25) is 11.7 Å². The van der Waals surface area contributed by atoms with Gasteiger partial charge in [0.15, 0.2) is 11.5 Å². The average Bonchev–Trinajstić information content (AvgIpc) is 3.14. The van der Waals surface area contributed by atoms with Gasteiger partial charge in [0.05, 0.1) is 13.5 Å². The number of carbonyl (C=O) groups is 1. The van der Waals surface area contributed by atoms with E-state index in [1.54, 1.807) is 25.3 Å². The minimum absolute atomic E-state index is 0.0583. The summed E-state index contributed by atoms with van der Waals surface area (Å²) in [5.74, 6) is 0.903. The highest BCUT2D eigenvalue weighted by atomic mass is 16.5. The Labute approximate surface area is 150 Å². The lowest BCUT2D eigenvalue weighted by atomic mass is 10.2. The number of aromatic nitrogens is 2. The Morgan fingerprint density at radius 1 is 1.15 bits per heavy atom. The Morgan fingerprint density at radius 2 is 1.96 bits per heavy atom. The van der Waals surface area contributed by atoms with Crippen molar-refractivity contribution in [3.63, 3.8) is 0 Å². The van der Waals surface area contributed by atoms with Gasteiger partial charge in [-0.2, -0.15) is 4.98 Å². The maximum absolute atomic E-state index is 10.6. The minimum atomic E-state index is -0.911. The van der Waals surface area contributed by atoms with Crippen LogP contribution in [0.15, 0.2) is 53.1 Å². The second-order valence-electron chi connectivity index (χ2n) is 5.55. The first-order valence-corrected chi connectivity index (χ1v) is 8.05. The molecule has 0 spiro atoms. The van der Waals surface area contributed by atoms with Crippen LogP contribution in [0.2, 0.25) is 0 Å². The number of aryl methyl sites for hydroxylation is 1. The highest BCUT2D eigenvalue weighted by Gasteiger charge is 2.13. The SMILES string of the molecule is COc1cc(-c2noc(CCC(=O)O)n2)ccc1OCc1ccccc1. The third kappa shape index (κ3) is 4.38. The maximum atomic E-state index is 10.6. The fourth-order valence-electron chi connectivity index (χ4n) is 2.35. The Hall–Kier alpha value is -3.35. The van der Waals surface area contributed by atoms with Crippen molar-refractivity contribution in [3.8, 4) is 22.9 Å². The molecule has 134 valence electrons. The van der Waals surface area contributed by atoms with Crippen LogP contribution in [-0.2, 0) is 17.8 Å². The average molecular weight is 354 g/mol. The van der Waals surface area contributed by atoms with Crippen LogP contribution < -0.4 is 9.47 Å². The Kier molecular flexibility index (Phi) is 5.48. The zero-order chi connectivity index (χ0) is 18.4. The van der Waals surface area contributed by atoms with Crippen molar-refractivity contribution in [1.29, 1.82) is 0 Å². The van der Waals surface area contributed by atoms with Crippen LogP contribution in [0.5, 0.6) is 11.5 Å². The Bertz CT molecular complexity index is 877. The van der Waals surface area contributed by atoms with E-state index in [1.165, 1.54) is 0 Å². The highest BCUT2D eigenvalue weighted by Crippen LogP contribution is 2.32. The number of hydrogen-bond donors (Lipinski definition) is 1. The molecule has 0 aliphatic heterocycles. The molecular weight excluding hydrogens is 336 g/mol. The van der Waals surface area contributed by atoms with Crippen molar-refractivity contribution in [2.75, 3.05) is 7.11 Å². The molecule has 0 fully saturated rings. The molecule has 0 aliphatic rings. The summed E-state index contributed by atoms with van der Waals surface area (Å²) in [6, 6.07) is 15.2. The number of methoxy groups -OCH3 is 1. The lowest BCUT2D eigenvalue weighted by Crippen LogP contribution is -1.98. The minimum Gasteiger partial charge on any atom is -0.493 e. The highest BCUT2D eigenvalue weighted by molar-refractivity contribution is 5.67. The molecule has 0 saturated heterocycles. The summed E-state index contributed by atoms with van der Waals surface area (Å²) < 4.78 is 16.3. The molecule has 1 aromatic heterocycles. The molecule has 0 aliphatic carbocycles. The van der Waals surface area contributed by atoms with Gasteiger partial charge in [-0.15, -0.1) is 0 Å². The number of carboxylic acids is 1. The van der Waals surface area contributed by atoms with Crippen LogP contribution in [0, 0.1) is 0 Å². The standard InChI is InChI=1S/C19H18N2O5/c1-24-16-11-14(19-20-17(26-21-19)9-10-18(22)23)7-8-15(16)25-12-13-5-3-2-4-6-13/h2-8,11H,9-10,12H2,1H3,(H,22,23). The van der Waals surface area contributed by atoms with Crippen LogP contribution >= 0.6 is 0 Å². The number of hydrogen-bond acceptors (Lipinski definition) is 6. The summed E-state index contributed by atoms with van der Waals surface area (Å²) in [6.45, 7) is 0.429. The molecule has 7 nitrogen and oxygen atoms in total. The summed E-state index contributed by atoms with van der Waals surface area (Å²) >= 11 is 0. The lowest BCUT2D eigenvalue weighted by Gasteiger charge is -2.11. The molecule has 26 heavy (non-hydrogen) atoms. The summed E-state index contributed by atoms with van der Waals surface area (Å²) in [4.78, 5) is 14.8. The van der Waals surface area contributed by atoms with Crippen molar-refractivity contribution in [3.05, 3.63) is 60.0 Å². The second-order valence-corrected chi connectivity index (χ2v) is 5.55. The van der Waals surface area contributed by atoms with E-state index < -0.39 is 5.97 Å². The van der Waals surface area contributed by atoms with Crippen molar-refractivity contribution in [2.24, 2.45) is 0 Å². The summed E-state index contributed by atoms with van der Waals surface area (Å²) in [5, 5.41) is 12.6. The fourth-order valence-corrected chi connectivity index (χ4v) is 2.35. The van der Waals surface area contributed by atoms with Gasteiger partial charge in [-0.1, -0.05) is 35.5 Å². The predicted molar refractivity (Wildman–Crippen MR) is 93.0 cm³/mol. The smallest absolute Gasteiger partial charge is 0.303 e. The van der Waals surface area contributed by atoms with E-state index >= 15 is 0 Å². The van der Waals surface area contributed by atoms with E-state index in [2.05, 4.69) is 10.1 Å². The van der Waals surface area contributed by atoms with Crippen LogP contribution in [-0.4, -0.2) is 28.3 Å². The first kappa shape index (κ1) is 17.5. The van der Waals surface area contributed by atoms with E-state index in [0.29, 0.717) is 29.5 Å². The Balaban J connectivity index is 1.73. The molecule has 0 bridgehead atoms. The van der Waals surface area contributed by atoms with Gasteiger partial charge in [0.25, 0.3) is 0 Å². The van der Waals surface area contributed by atoms with E-state index in [4.69, 9.17) is 19.1 Å². The molecule has 1 heterocycles. The topological polar surface area (TPSA) is 94.7 Å². The van der Waals surface area contributed by atoms with Gasteiger partial charge in [-0.3, -0.25) is 4.79 Å². The van der Waals surface area contributed by atoms with Gasteiger partial charge in [0, 0.05) is 12.0 Å². The molecular formula is C19H18N2O5. The van der Waals surface area contributed by atoms with E-state index in [1.807, 2.05) is 30.3 Å². The van der Waals surface area contributed by atoms with Crippen molar-refractivity contribution >= 4 is 5.97 Å². The first-order valence-electron chi connectivity index (χ1n) is 8.05. The van der Waals surface area contributed by atoms with Crippen molar-refractivity contribution in [2.45, 2.75) is 19.4 Å². The molecule has 0 radical (unpaired) electrons. The number of rotatable bonds is 8. The number of nitrogens with zero attached hydrogens (tertiary/aromatic N) is 2. The van der Waals surface area contributed by atoms with Gasteiger partial charge in [-0.25, -0.2) is 0 Å². The quantitative estimate of drug-likeness (QED) is 0.663. The fraction of sp³-hybridized carbons (Fsp3) is 0.211. The summed E-state index contributed by atoms with van der Waals surface area (Å²) in [7, 11) is 1.56. The molecule has 3 rings (SSSR count). The van der Waals surface area contributed by atoms with Crippen LogP contribution in [0.25, 0.3) is 11.4 Å². The number of carboxylic acid groups (broad SMARTS) is 1. The third-order valence-electron chi connectivity index (χ3n) is 3.68. The number of benzene rings is 2.